The number of hydrogen-bond donors (Lipinski definition) is 2. The number of anilines is 1. The van der Waals surface area contributed by atoms with Crippen LogP contribution in [0.4, 0.5) is 5.69 Å². The van der Waals surface area contributed by atoms with E-state index in [4.69, 9.17) is 17.3 Å². The Morgan fingerprint density at radius 3 is 2.69 bits per heavy atom. The number of aromatic nitrogens is 1. The lowest BCUT2D eigenvalue weighted by Crippen LogP contribution is -2.42. The molecule has 0 aliphatic heterocycles. The summed E-state index contributed by atoms with van der Waals surface area (Å²) in [6, 6.07) is 12.4. The van der Waals surface area contributed by atoms with Crippen molar-refractivity contribution < 1.29 is 4.79 Å². The summed E-state index contributed by atoms with van der Waals surface area (Å²) in [7, 11) is 0. The minimum absolute atomic E-state index is 0.0571. The van der Waals surface area contributed by atoms with Crippen molar-refractivity contribution in [1.29, 1.82) is 0 Å². The number of nitrogens with zero attached hydrogens (tertiary/aromatic N) is 1. The zero-order valence-corrected chi connectivity index (χ0v) is 15.5. The summed E-state index contributed by atoms with van der Waals surface area (Å²) < 4.78 is 1.83. The van der Waals surface area contributed by atoms with Crippen LogP contribution in [0.25, 0.3) is 10.8 Å². The van der Waals surface area contributed by atoms with E-state index in [2.05, 4.69) is 36.5 Å². The van der Waals surface area contributed by atoms with Crippen LogP contribution in [0.1, 0.15) is 30.4 Å². The highest BCUT2D eigenvalue weighted by atomic mass is 35.5. The van der Waals surface area contributed by atoms with Gasteiger partial charge in [0.2, 0.25) is 5.91 Å². The van der Waals surface area contributed by atoms with Gasteiger partial charge < -0.3 is 15.6 Å². The fourth-order valence-electron chi connectivity index (χ4n) is 3.94. The number of carbonyl (C=O) groups is 1. The zero-order valence-electron chi connectivity index (χ0n) is 14.8. The quantitative estimate of drug-likeness (QED) is 0.693. The van der Waals surface area contributed by atoms with Gasteiger partial charge in [-0.2, -0.15) is 0 Å². The van der Waals surface area contributed by atoms with Gasteiger partial charge in [0.15, 0.2) is 0 Å². The Morgan fingerprint density at radius 2 is 2.00 bits per heavy atom. The third-order valence-corrected chi connectivity index (χ3v) is 5.82. The number of primary amides is 1. The molecule has 5 heteroatoms. The first-order chi connectivity index (χ1) is 12.5. The topological polar surface area (TPSA) is 60.1 Å². The number of amides is 1. The molecule has 4 rings (SSSR count). The molecule has 1 amide bonds. The van der Waals surface area contributed by atoms with E-state index in [1.165, 1.54) is 12.0 Å². The van der Waals surface area contributed by atoms with Crippen LogP contribution in [0, 0.1) is 6.92 Å². The van der Waals surface area contributed by atoms with E-state index in [1.807, 2.05) is 29.1 Å². The van der Waals surface area contributed by atoms with Gasteiger partial charge in [-0.05, 0) is 60.9 Å². The molecule has 0 bridgehead atoms. The number of nitrogens with two attached hydrogens (primary N) is 1. The summed E-state index contributed by atoms with van der Waals surface area (Å²) in [4.78, 5) is 11.1. The smallest absolute Gasteiger partial charge is 0.237 e. The Balaban J connectivity index is 1.66. The van der Waals surface area contributed by atoms with Crippen LogP contribution in [-0.2, 0) is 16.9 Å². The van der Waals surface area contributed by atoms with Gasteiger partial charge in [-0.3, -0.25) is 4.79 Å². The highest BCUT2D eigenvalue weighted by Crippen LogP contribution is 2.46. The van der Waals surface area contributed by atoms with Crippen molar-refractivity contribution in [2.24, 2.45) is 5.73 Å². The largest absolute Gasteiger partial charge is 0.375 e. The maximum Gasteiger partial charge on any atom is 0.237 e. The molecule has 0 saturated heterocycles. The summed E-state index contributed by atoms with van der Waals surface area (Å²) in [5.74, 6) is -0.339. The van der Waals surface area contributed by atoms with E-state index in [0.717, 1.165) is 39.9 Å². The lowest BCUT2D eigenvalue weighted by molar-refractivity contribution is -0.118. The van der Waals surface area contributed by atoms with Gasteiger partial charge in [0, 0.05) is 28.5 Å². The normalized spacial score (nSPS) is 15.6. The maximum atomic E-state index is 11.1. The van der Waals surface area contributed by atoms with Crippen LogP contribution in [0.2, 0.25) is 5.02 Å². The molecule has 0 unspecified atom stereocenters. The number of nitrogens with one attached hydrogen (secondary N) is 1. The van der Waals surface area contributed by atoms with Crippen LogP contribution in [0.3, 0.4) is 0 Å². The fraction of sp³-hybridized carbons (Fsp3) is 0.286. The molecular weight excluding hydrogens is 346 g/mol. The first kappa shape index (κ1) is 17.0. The van der Waals surface area contributed by atoms with Crippen molar-refractivity contribution in [3.8, 4) is 0 Å². The van der Waals surface area contributed by atoms with Crippen molar-refractivity contribution in [2.75, 3.05) is 5.32 Å². The van der Waals surface area contributed by atoms with Gasteiger partial charge >= 0.3 is 0 Å². The molecule has 134 valence electrons. The minimum Gasteiger partial charge on any atom is -0.375 e. The maximum absolute atomic E-state index is 11.1. The second-order valence-corrected chi connectivity index (χ2v) is 7.62. The molecule has 26 heavy (non-hydrogen) atoms. The van der Waals surface area contributed by atoms with E-state index in [9.17, 15) is 4.79 Å². The molecule has 1 aliphatic carbocycles. The van der Waals surface area contributed by atoms with E-state index < -0.39 is 0 Å². The summed E-state index contributed by atoms with van der Waals surface area (Å²) in [5.41, 5.74) is 8.74. The van der Waals surface area contributed by atoms with Gasteiger partial charge in [0.1, 0.15) is 6.54 Å². The molecule has 0 atom stereocenters. The third kappa shape index (κ3) is 2.95. The van der Waals surface area contributed by atoms with Crippen LogP contribution in [0.5, 0.6) is 0 Å². The van der Waals surface area contributed by atoms with Gasteiger partial charge in [0.25, 0.3) is 0 Å². The second kappa shape index (κ2) is 6.36. The first-order valence-electron chi connectivity index (χ1n) is 8.88. The van der Waals surface area contributed by atoms with Crippen LogP contribution >= 0.6 is 11.6 Å². The Hall–Kier alpha value is -2.46. The fourth-order valence-corrected chi connectivity index (χ4v) is 4.12. The summed E-state index contributed by atoms with van der Waals surface area (Å²) in [6.07, 6.45) is 7.30. The SMILES string of the molecule is Cc1c(Cl)cccc1C1(Nc2ccc3cn(CC(N)=O)cc3c2)CCC1. The van der Waals surface area contributed by atoms with Crippen molar-refractivity contribution in [3.05, 3.63) is 64.9 Å². The summed E-state index contributed by atoms with van der Waals surface area (Å²) in [6.45, 7) is 2.29. The Labute approximate surface area is 157 Å². The molecule has 3 N–H and O–H groups in total. The molecule has 1 aromatic heterocycles. The highest BCUT2D eigenvalue weighted by Gasteiger charge is 2.39. The van der Waals surface area contributed by atoms with Crippen molar-refractivity contribution in [3.63, 3.8) is 0 Å². The van der Waals surface area contributed by atoms with Crippen molar-refractivity contribution in [1.82, 2.24) is 4.57 Å². The zero-order chi connectivity index (χ0) is 18.3. The van der Waals surface area contributed by atoms with Crippen LogP contribution < -0.4 is 11.1 Å². The predicted octanol–water partition coefficient (Wildman–Crippen LogP) is 4.58. The number of halogens is 1. The van der Waals surface area contributed by atoms with Gasteiger partial charge in [-0.1, -0.05) is 29.8 Å². The average Bonchev–Trinajstić information content (AvgIpc) is 2.94. The van der Waals surface area contributed by atoms with E-state index in [-0.39, 0.29) is 18.0 Å². The third-order valence-electron chi connectivity index (χ3n) is 5.41. The monoisotopic (exact) mass is 367 g/mol. The molecule has 1 heterocycles. The molecule has 1 aliphatic rings. The Morgan fingerprint density at radius 1 is 1.23 bits per heavy atom. The summed E-state index contributed by atoms with van der Waals surface area (Å²) in [5, 5.41) is 6.76. The molecule has 1 fully saturated rings. The number of benzene rings is 2. The minimum atomic E-state index is -0.339. The molecule has 0 radical (unpaired) electrons. The molecular formula is C21H22ClN3O. The average molecular weight is 368 g/mol. The number of rotatable bonds is 5. The number of hydrogen-bond acceptors (Lipinski definition) is 2. The number of carbonyl (C=O) groups excluding carboxylic acids is 1. The predicted molar refractivity (Wildman–Crippen MR) is 106 cm³/mol. The van der Waals surface area contributed by atoms with Gasteiger partial charge in [-0.25, -0.2) is 0 Å². The molecule has 2 aromatic carbocycles. The van der Waals surface area contributed by atoms with Gasteiger partial charge in [0.05, 0.1) is 5.54 Å². The standard InChI is InChI=1S/C21H22ClN3O/c1-14-18(4-2-5-19(14)22)21(8-3-9-21)24-17-7-6-15-11-25(13-20(23)26)12-16(15)10-17/h2,4-7,10-12,24H,3,8-9,13H2,1H3,(H2,23,26). The number of fused-ring (bicyclic) bond motifs is 1. The van der Waals surface area contributed by atoms with E-state index >= 15 is 0 Å². The van der Waals surface area contributed by atoms with Crippen LogP contribution in [-0.4, -0.2) is 10.5 Å². The molecule has 4 nitrogen and oxygen atoms in total. The molecule has 1 saturated carbocycles. The van der Waals surface area contributed by atoms with E-state index in [0.29, 0.717) is 0 Å². The highest BCUT2D eigenvalue weighted by molar-refractivity contribution is 6.31. The van der Waals surface area contributed by atoms with Gasteiger partial charge in [-0.15, -0.1) is 0 Å². The van der Waals surface area contributed by atoms with Crippen molar-refractivity contribution in [2.45, 2.75) is 38.3 Å². The lowest BCUT2D eigenvalue weighted by atomic mass is 9.70. The van der Waals surface area contributed by atoms with E-state index in [1.54, 1.807) is 0 Å². The Kier molecular flexibility index (Phi) is 4.16. The Bertz CT molecular complexity index is 988. The second-order valence-electron chi connectivity index (χ2n) is 7.21. The first-order valence-corrected chi connectivity index (χ1v) is 9.26. The van der Waals surface area contributed by atoms with Crippen LogP contribution in [0.15, 0.2) is 48.8 Å². The molecule has 0 spiro atoms. The lowest BCUT2D eigenvalue weighted by Gasteiger charge is -2.45. The van der Waals surface area contributed by atoms with Crippen molar-refractivity contribution >= 4 is 34.0 Å². The summed E-state index contributed by atoms with van der Waals surface area (Å²) >= 11 is 6.36. The molecule has 3 aromatic rings.